The number of benzene rings is 1. The van der Waals surface area contributed by atoms with Crippen LogP contribution in [0.25, 0.3) is 5.69 Å². The van der Waals surface area contributed by atoms with Crippen molar-refractivity contribution in [3.63, 3.8) is 0 Å². The number of nitrogens with zero attached hydrogens (tertiary/aromatic N) is 3. The monoisotopic (exact) mass is 506 g/mol. The molecule has 1 aliphatic rings. The molecule has 2 atom stereocenters. The predicted molar refractivity (Wildman–Crippen MR) is 133 cm³/mol. The fourth-order valence-electron chi connectivity index (χ4n) is 4.58. The van der Waals surface area contributed by atoms with Gasteiger partial charge < -0.3 is 19.2 Å². The van der Waals surface area contributed by atoms with Crippen molar-refractivity contribution in [1.29, 1.82) is 0 Å². The molecule has 1 aliphatic heterocycles. The predicted octanol–water partition coefficient (Wildman–Crippen LogP) is 6.02. The highest BCUT2D eigenvalue weighted by Gasteiger charge is 2.41. The van der Waals surface area contributed by atoms with E-state index in [2.05, 4.69) is 79.9 Å². The molecule has 5 nitrogen and oxygen atoms in total. The molecule has 3 aromatic heterocycles. The third kappa shape index (κ3) is 3.76. The lowest BCUT2D eigenvalue weighted by Crippen LogP contribution is -2.29. The van der Waals surface area contributed by atoms with Crippen LogP contribution in [0.2, 0.25) is 0 Å². The lowest BCUT2D eigenvalue weighted by atomic mass is 9.96. The van der Waals surface area contributed by atoms with Crippen molar-refractivity contribution >= 4 is 33.3 Å². The first-order valence-corrected chi connectivity index (χ1v) is 11.7. The number of aryl methyl sites for hydroxylation is 1. The first-order valence-electron chi connectivity index (χ1n) is 10.5. The van der Waals surface area contributed by atoms with Crippen molar-refractivity contribution in [3.8, 4) is 5.69 Å². The van der Waals surface area contributed by atoms with Gasteiger partial charge in [-0.15, -0.1) is 0 Å². The van der Waals surface area contributed by atoms with Crippen LogP contribution < -0.4 is 5.32 Å². The highest BCUT2D eigenvalue weighted by Crippen LogP contribution is 2.42. The topological polar surface area (TPSA) is 46.2 Å². The molecule has 0 radical (unpaired) electrons. The van der Waals surface area contributed by atoms with Gasteiger partial charge in [-0.1, -0.05) is 28.1 Å². The zero-order chi connectivity index (χ0) is 22.2. The molecule has 0 bridgehead atoms. The maximum absolute atomic E-state index is 5.79. The van der Waals surface area contributed by atoms with E-state index in [-0.39, 0.29) is 12.1 Å². The summed E-state index contributed by atoms with van der Waals surface area (Å²) in [6.45, 7) is 4.91. The molecule has 0 unspecified atom stereocenters. The molecule has 4 aromatic rings. The van der Waals surface area contributed by atoms with Crippen molar-refractivity contribution in [1.82, 2.24) is 19.8 Å². The SMILES string of the molecule is Cc1cc([C@@H]2[C@H](c3ccccn3)NC(=S)N2Cc2ccco2)c(C)n1-c1cccc(Br)c1. The van der Waals surface area contributed by atoms with Crippen LogP contribution in [0.3, 0.4) is 0 Å². The molecule has 1 fully saturated rings. The number of rotatable bonds is 5. The minimum atomic E-state index is -0.0601. The fourth-order valence-corrected chi connectivity index (χ4v) is 5.28. The van der Waals surface area contributed by atoms with E-state index in [1.807, 2.05) is 36.5 Å². The molecule has 32 heavy (non-hydrogen) atoms. The summed E-state index contributed by atoms with van der Waals surface area (Å²) in [6, 6.07) is 20.5. The molecule has 0 amide bonds. The zero-order valence-corrected chi connectivity index (χ0v) is 20.2. The van der Waals surface area contributed by atoms with Crippen LogP contribution in [-0.4, -0.2) is 19.6 Å². The van der Waals surface area contributed by atoms with Gasteiger partial charge in [-0.2, -0.15) is 0 Å². The van der Waals surface area contributed by atoms with E-state index in [0.717, 1.165) is 21.6 Å². The summed E-state index contributed by atoms with van der Waals surface area (Å²) in [4.78, 5) is 6.85. The summed E-state index contributed by atoms with van der Waals surface area (Å²) >= 11 is 9.40. The smallest absolute Gasteiger partial charge is 0.170 e. The zero-order valence-electron chi connectivity index (χ0n) is 17.8. The minimum absolute atomic E-state index is 0.0189. The highest BCUT2D eigenvalue weighted by atomic mass is 79.9. The molecule has 5 rings (SSSR count). The number of hydrogen-bond acceptors (Lipinski definition) is 3. The third-order valence-corrected chi connectivity index (χ3v) is 6.80. The van der Waals surface area contributed by atoms with Gasteiger partial charge in [-0.05, 0) is 80.2 Å². The normalized spacial score (nSPS) is 18.2. The summed E-state index contributed by atoms with van der Waals surface area (Å²) in [6.07, 6.45) is 3.53. The average molecular weight is 507 g/mol. The summed E-state index contributed by atoms with van der Waals surface area (Å²) in [5.74, 6) is 0.876. The van der Waals surface area contributed by atoms with E-state index in [1.165, 1.54) is 17.0 Å². The number of hydrogen-bond donors (Lipinski definition) is 1. The number of thiocarbonyl (C=S) groups is 1. The quantitative estimate of drug-likeness (QED) is 0.335. The van der Waals surface area contributed by atoms with Crippen LogP contribution in [0.4, 0.5) is 0 Å². The van der Waals surface area contributed by atoms with Crippen molar-refractivity contribution < 1.29 is 4.42 Å². The Kier molecular flexibility index (Phi) is 5.61. The van der Waals surface area contributed by atoms with Gasteiger partial charge in [0.05, 0.1) is 30.6 Å². The highest BCUT2D eigenvalue weighted by molar-refractivity contribution is 9.10. The molecule has 0 aliphatic carbocycles. The number of furan rings is 1. The van der Waals surface area contributed by atoms with Crippen LogP contribution >= 0.6 is 28.1 Å². The van der Waals surface area contributed by atoms with E-state index in [1.54, 1.807) is 6.26 Å². The Labute approximate surface area is 201 Å². The summed E-state index contributed by atoms with van der Waals surface area (Å²) in [7, 11) is 0. The Bertz CT molecular complexity index is 1250. The molecule has 1 N–H and O–H groups in total. The van der Waals surface area contributed by atoms with Crippen LogP contribution in [0, 0.1) is 13.8 Å². The molecule has 0 saturated carbocycles. The third-order valence-electron chi connectivity index (χ3n) is 5.96. The first kappa shape index (κ1) is 21.0. The van der Waals surface area contributed by atoms with Crippen LogP contribution in [0.1, 0.15) is 40.5 Å². The van der Waals surface area contributed by atoms with Crippen molar-refractivity contribution in [2.24, 2.45) is 0 Å². The summed E-state index contributed by atoms with van der Waals surface area (Å²) in [5.41, 5.74) is 5.67. The Morgan fingerprint density at radius 2 is 1.97 bits per heavy atom. The van der Waals surface area contributed by atoms with Gasteiger partial charge in [0, 0.05) is 27.7 Å². The maximum atomic E-state index is 5.79. The fraction of sp³-hybridized carbons (Fsp3) is 0.200. The molecule has 1 aromatic carbocycles. The van der Waals surface area contributed by atoms with Gasteiger partial charge in [-0.25, -0.2) is 0 Å². The summed E-state index contributed by atoms with van der Waals surface area (Å²) < 4.78 is 9.00. The number of nitrogens with one attached hydrogen (secondary N) is 1. The number of pyridine rings is 1. The Balaban J connectivity index is 1.63. The Hall–Kier alpha value is -2.90. The van der Waals surface area contributed by atoms with Gasteiger partial charge >= 0.3 is 0 Å². The Morgan fingerprint density at radius 1 is 1.09 bits per heavy atom. The van der Waals surface area contributed by atoms with Gasteiger partial charge in [0.15, 0.2) is 5.11 Å². The number of halogens is 1. The number of aromatic nitrogens is 2. The molecule has 0 spiro atoms. The van der Waals surface area contributed by atoms with E-state index in [9.17, 15) is 0 Å². The maximum Gasteiger partial charge on any atom is 0.170 e. The van der Waals surface area contributed by atoms with Crippen LogP contribution in [0.5, 0.6) is 0 Å². The van der Waals surface area contributed by atoms with E-state index >= 15 is 0 Å². The van der Waals surface area contributed by atoms with E-state index < -0.39 is 0 Å². The lowest BCUT2D eigenvalue weighted by Gasteiger charge is -2.27. The van der Waals surface area contributed by atoms with Crippen molar-refractivity contribution in [2.45, 2.75) is 32.5 Å². The molecular weight excluding hydrogens is 484 g/mol. The lowest BCUT2D eigenvalue weighted by molar-refractivity contribution is 0.286. The van der Waals surface area contributed by atoms with Crippen LogP contribution in [0.15, 0.2) is 82.0 Å². The Morgan fingerprint density at radius 3 is 2.69 bits per heavy atom. The first-order chi connectivity index (χ1) is 15.5. The van der Waals surface area contributed by atoms with Crippen LogP contribution in [-0.2, 0) is 6.54 Å². The van der Waals surface area contributed by atoms with Crippen molar-refractivity contribution in [2.75, 3.05) is 0 Å². The van der Waals surface area contributed by atoms with Gasteiger partial charge in [0.25, 0.3) is 0 Å². The van der Waals surface area contributed by atoms with Gasteiger partial charge in [0.2, 0.25) is 0 Å². The molecule has 4 heterocycles. The molecule has 162 valence electrons. The van der Waals surface area contributed by atoms with Gasteiger partial charge in [0.1, 0.15) is 5.76 Å². The molecule has 1 saturated heterocycles. The second-order valence-electron chi connectivity index (χ2n) is 7.98. The largest absolute Gasteiger partial charge is 0.467 e. The second kappa shape index (κ2) is 8.56. The summed E-state index contributed by atoms with van der Waals surface area (Å²) in [5, 5.41) is 4.23. The average Bonchev–Trinajstić information content (AvgIpc) is 3.48. The minimum Gasteiger partial charge on any atom is -0.467 e. The van der Waals surface area contributed by atoms with E-state index in [0.29, 0.717) is 11.7 Å². The molecule has 7 heteroatoms. The standard InChI is InChI=1S/C25H23BrN4OS/c1-16-13-21(17(2)30(16)19-8-5-7-18(26)14-19)24-23(22-10-3-4-11-27-22)28-25(32)29(24)15-20-9-6-12-31-20/h3-14,23-24H,15H2,1-2H3,(H,28,32)/t23-,24+/m0/s1. The van der Waals surface area contributed by atoms with E-state index in [4.69, 9.17) is 16.6 Å². The molecular formula is C25H23BrN4OS. The van der Waals surface area contributed by atoms with Crippen molar-refractivity contribution in [3.05, 3.63) is 106 Å². The van der Waals surface area contributed by atoms with Gasteiger partial charge in [-0.3, -0.25) is 4.98 Å². The second-order valence-corrected chi connectivity index (χ2v) is 9.28.